The lowest BCUT2D eigenvalue weighted by Gasteiger charge is -2.17. The third kappa shape index (κ3) is 3.82. The van der Waals surface area contributed by atoms with Crippen LogP contribution in [0.3, 0.4) is 0 Å². The Morgan fingerprint density at radius 2 is 2.00 bits per heavy atom. The summed E-state index contributed by atoms with van der Waals surface area (Å²) in [5.41, 5.74) is 0.960. The first-order valence-electron chi connectivity index (χ1n) is 8.74. The van der Waals surface area contributed by atoms with Crippen molar-refractivity contribution in [2.24, 2.45) is 14.1 Å². The van der Waals surface area contributed by atoms with Crippen molar-refractivity contribution in [3.63, 3.8) is 0 Å². The summed E-state index contributed by atoms with van der Waals surface area (Å²) in [4.78, 5) is 42.0. The van der Waals surface area contributed by atoms with Crippen molar-refractivity contribution in [1.29, 1.82) is 0 Å². The van der Waals surface area contributed by atoms with Gasteiger partial charge in [0.2, 0.25) is 0 Å². The molecule has 0 atom stereocenters. The van der Waals surface area contributed by atoms with Gasteiger partial charge < -0.3 is 10.4 Å². The van der Waals surface area contributed by atoms with Crippen molar-refractivity contribution >= 4 is 17.4 Å². The highest BCUT2D eigenvalue weighted by Gasteiger charge is 2.26. The van der Waals surface area contributed by atoms with Crippen LogP contribution in [0.25, 0.3) is 0 Å². The van der Waals surface area contributed by atoms with E-state index in [2.05, 4.69) is 5.32 Å². The molecule has 2 aromatic rings. The van der Waals surface area contributed by atoms with E-state index in [-0.39, 0.29) is 24.7 Å². The fraction of sp³-hybridized carbons (Fsp3) is 0.389. The van der Waals surface area contributed by atoms with Crippen LogP contribution in [0.1, 0.15) is 34.7 Å². The number of hydroxylamine groups is 1. The van der Waals surface area contributed by atoms with Gasteiger partial charge in [-0.25, -0.2) is 14.7 Å². The third-order valence-electron chi connectivity index (χ3n) is 4.54. The zero-order valence-electron chi connectivity index (χ0n) is 15.5. The molecule has 1 saturated carbocycles. The summed E-state index contributed by atoms with van der Waals surface area (Å²) in [7, 11) is 2.58. The fourth-order valence-electron chi connectivity index (χ4n) is 2.84. The number of nitrogens with zero attached hydrogens (tertiary/aromatic N) is 2. The van der Waals surface area contributed by atoms with E-state index in [1.807, 2.05) is 5.48 Å². The Labute approximate surface area is 159 Å². The summed E-state index contributed by atoms with van der Waals surface area (Å²) in [5.74, 6) is -1.29. The van der Waals surface area contributed by atoms with Gasteiger partial charge in [-0.1, -0.05) is 6.07 Å². The van der Waals surface area contributed by atoms with E-state index >= 15 is 0 Å². The van der Waals surface area contributed by atoms with Crippen molar-refractivity contribution in [3.05, 3.63) is 56.0 Å². The van der Waals surface area contributed by atoms with Crippen LogP contribution < -0.4 is 22.0 Å². The van der Waals surface area contributed by atoms with E-state index in [9.17, 15) is 18.8 Å². The van der Waals surface area contributed by atoms with E-state index in [4.69, 9.17) is 9.94 Å². The van der Waals surface area contributed by atoms with E-state index in [0.717, 1.165) is 27.5 Å². The number of anilines is 2. The van der Waals surface area contributed by atoms with Crippen LogP contribution in [-0.2, 0) is 18.9 Å². The molecule has 10 heteroatoms. The van der Waals surface area contributed by atoms with E-state index < -0.39 is 28.5 Å². The number of hydrogen-bond acceptors (Lipinski definition) is 6. The molecule has 150 valence electrons. The molecule has 3 rings (SSSR count). The molecular weight excluding hydrogens is 371 g/mol. The highest BCUT2D eigenvalue weighted by Crippen LogP contribution is 2.41. The summed E-state index contributed by atoms with van der Waals surface area (Å²) in [5, 5.41) is 11.4. The van der Waals surface area contributed by atoms with E-state index in [1.54, 1.807) is 6.07 Å². The number of rotatable bonds is 7. The monoisotopic (exact) mass is 392 g/mol. The molecular formula is C18H21FN4O5. The van der Waals surface area contributed by atoms with Crippen LogP contribution in [-0.4, -0.2) is 33.4 Å². The number of halogens is 1. The number of aliphatic hydroxyl groups is 1. The van der Waals surface area contributed by atoms with Crippen LogP contribution >= 0.6 is 0 Å². The van der Waals surface area contributed by atoms with E-state index in [1.165, 1.54) is 26.2 Å². The van der Waals surface area contributed by atoms with Gasteiger partial charge in [0, 0.05) is 14.1 Å². The van der Waals surface area contributed by atoms with Crippen molar-refractivity contribution in [3.8, 4) is 0 Å². The zero-order chi connectivity index (χ0) is 20.4. The average molecular weight is 392 g/mol. The summed E-state index contributed by atoms with van der Waals surface area (Å²) < 4.78 is 16.3. The Kier molecular flexibility index (Phi) is 5.61. The molecule has 1 heterocycles. The molecule has 1 aromatic carbocycles. The molecule has 1 fully saturated rings. The molecule has 9 nitrogen and oxygen atoms in total. The van der Waals surface area contributed by atoms with Crippen LogP contribution in [0.15, 0.2) is 27.8 Å². The normalized spacial score (nSPS) is 13.4. The number of aromatic nitrogens is 2. The molecule has 1 aromatic heterocycles. The fourth-order valence-corrected chi connectivity index (χ4v) is 2.84. The molecule has 0 spiro atoms. The van der Waals surface area contributed by atoms with Gasteiger partial charge in [0.15, 0.2) is 0 Å². The summed E-state index contributed by atoms with van der Waals surface area (Å²) in [6, 6.07) is 4.69. The molecule has 3 N–H and O–H groups in total. The largest absolute Gasteiger partial charge is 0.394 e. The van der Waals surface area contributed by atoms with Crippen molar-refractivity contribution in [2.75, 3.05) is 18.5 Å². The van der Waals surface area contributed by atoms with Gasteiger partial charge in [-0.2, -0.15) is 0 Å². The molecule has 1 aliphatic carbocycles. The van der Waals surface area contributed by atoms with Crippen molar-refractivity contribution < 1.29 is 19.1 Å². The molecule has 0 bridgehead atoms. The molecule has 0 aliphatic heterocycles. The Bertz CT molecular complexity index is 1030. The molecule has 0 unspecified atom stereocenters. The first kappa shape index (κ1) is 19.8. The first-order valence-corrected chi connectivity index (χ1v) is 8.74. The van der Waals surface area contributed by atoms with Gasteiger partial charge in [-0.15, -0.1) is 0 Å². The predicted octanol–water partition coefficient (Wildman–Crippen LogP) is 0.498. The first-order chi connectivity index (χ1) is 13.3. The summed E-state index contributed by atoms with van der Waals surface area (Å²) in [6.07, 6.45) is 2.04. The average Bonchev–Trinajstić information content (AvgIpc) is 3.51. The number of amides is 1. The number of carbonyl (C=O) groups is 1. The van der Waals surface area contributed by atoms with Crippen LogP contribution in [0.5, 0.6) is 0 Å². The van der Waals surface area contributed by atoms with Gasteiger partial charge in [0.1, 0.15) is 17.2 Å². The van der Waals surface area contributed by atoms with Gasteiger partial charge in [0.05, 0.1) is 18.9 Å². The molecule has 1 amide bonds. The lowest BCUT2D eigenvalue weighted by molar-refractivity contribution is 0.0167. The second-order valence-corrected chi connectivity index (χ2v) is 6.57. The molecule has 1 aliphatic rings. The third-order valence-corrected chi connectivity index (χ3v) is 4.54. The molecule has 0 saturated heterocycles. The number of nitrogens with one attached hydrogen (secondary N) is 2. The van der Waals surface area contributed by atoms with Crippen LogP contribution in [0, 0.1) is 5.82 Å². The quantitative estimate of drug-likeness (QED) is 0.467. The number of aliphatic hydroxyl groups excluding tert-OH is 1. The van der Waals surface area contributed by atoms with Crippen molar-refractivity contribution in [1.82, 2.24) is 14.6 Å². The lowest BCUT2D eigenvalue weighted by atomic mass is 10.1. The van der Waals surface area contributed by atoms with E-state index in [0.29, 0.717) is 5.92 Å². The maximum Gasteiger partial charge on any atom is 0.332 e. The smallest absolute Gasteiger partial charge is 0.332 e. The zero-order valence-corrected chi connectivity index (χ0v) is 15.5. The minimum atomic E-state index is -0.929. The summed E-state index contributed by atoms with van der Waals surface area (Å²) in [6.45, 7) is -0.521. The van der Waals surface area contributed by atoms with Gasteiger partial charge >= 0.3 is 5.69 Å². The Hall–Kier alpha value is -2.98. The minimum Gasteiger partial charge on any atom is -0.394 e. The highest BCUT2D eigenvalue weighted by molar-refractivity contribution is 5.98. The summed E-state index contributed by atoms with van der Waals surface area (Å²) >= 11 is 0. The Balaban J connectivity index is 2.02. The number of carbonyl (C=O) groups excluding carboxylic acids is 1. The highest BCUT2D eigenvalue weighted by atomic mass is 19.1. The Morgan fingerprint density at radius 1 is 1.29 bits per heavy atom. The standard InChI is InChI=1S/C18H21FN4O5/c1-22-15(20-13-6-5-11(9-12(13)19)10-3-4-10)14(16(25)21-28-8-7-24)17(26)23(2)18(22)27/h5-6,9-10,20,24H,3-4,7-8H2,1-2H3,(H,21,25). The Morgan fingerprint density at radius 3 is 2.61 bits per heavy atom. The number of hydrogen-bond donors (Lipinski definition) is 3. The minimum absolute atomic E-state index is 0.0259. The van der Waals surface area contributed by atoms with Gasteiger partial charge in [0.25, 0.3) is 11.5 Å². The maximum absolute atomic E-state index is 14.5. The maximum atomic E-state index is 14.5. The predicted molar refractivity (Wildman–Crippen MR) is 99.1 cm³/mol. The molecule has 28 heavy (non-hydrogen) atoms. The van der Waals surface area contributed by atoms with Crippen LogP contribution in [0.4, 0.5) is 15.9 Å². The second-order valence-electron chi connectivity index (χ2n) is 6.57. The van der Waals surface area contributed by atoms with Crippen molar-refractivity contribution in [2.45, 2.75) is 18.8 Å². The SMILES string of the molecule is Cn1c(Nc2ccc(C3CC3)cc2F)c(C(=O)NOCCO)c(=O)n(C)c1=O. The second kappa shape index (κ2) is 7.95. The topological polar surface area (TPSA) is 115 Å². The lowest BCUT2D eigenvalue weighted by Crippen LogP contribution is -2.43. The number of benzene rings is 1. The van der Waals surface area contributed by atoms with Gasteiger partial charge in [-0.3, -0.25) is 23.6 Å². The molecule has 0 radical (unpaired) electrons. The van der Waals surface area contributed by atoms with Gasteiger partial charge in [-0.05, 0) is 36.5 Å². The van der Waals surface area contributed by atoms with Crippen LogP contribution in [0.2, 0.25) is 0 Å².